The summed E-state index contributed by atoms with van der Waals surface area (Å²) >= 11 is 0. The molecule has 0 saturated heterocycles. The van der Waals surface area contributed by atoms with Crippen LogP contribution in [0.1, 0.15) is 30.1 Å². The van der Waals surface area contributed by atoms with Gasteiger partial charge in [0.2, 0.25) is 0 Å². The minimum Gasteiger partial charge on any atom is -0.491 e. The van der Waals surface area contributed by atoms with E-state index in [0.717, 1.165) is 12.8 Å². The molecule has 0 unspecified atom stereocenters. The molecule has 0 radical (unpaired) electrons. The highest BCUT2D eigenvalue weighted by molar-refractivity contribution is 6.07. The summed E-state index contributed by atoms with van der Waals surface area (Å²) in [6, 6.07) is 12.9. The number of nitro benzene ring substituents is 1. The second-order valence-electron chi connectivity index (χ2n) is 4.93. The summed E-state index contributed by atoms with van der Waals surface area (Å²) in [6.45, 7) is 2.61. The van der Waals surface area contributed by atoms with Crippen LogP contribution in [0, 0.1) is 10.1 Å². The van der Waals surface area contributed by atoms with Gasteiger partial charge in [0.25, 0.3) is 11.6 Å². The molecule has 0 fully saturated rings. The predicted octanol–water partition coefficient (Wildman–Crippen LogP) is 4.03. The lowest BCUT2D eigenvalue weighted by atomic mass is 10.1. The third-order valence-electron chi connectivity index (χ3n) is 3.24. The van der Waals surface area contributed by atoms with Crippen LogP contribution in [0.15, 0.2) is 48.5 Å². The molecule has 6 nitrogen and oxygen atoms in total. The number of amides is 1. The second-order valence-corrected chi connectivity index (χ2v) is 4.93. The Balaban J connectivity index is 2.19. The first kappa shape index (κ1) is 16.5. The Morgan fingerprint density at radius 2 is 1.87 bits per heavy atom. The van der Waals surface area contributed by atoms with Gasteiger partial charge in [-0.15, -0.1) is 0 Å². The largest absolute Gasteiger partial charge is 0.491 e. The van der Waals surface area contributed by atoms with Crippen molar-refractivity contribution in [2.75, 3.05) is 11.9 Å². The van der Waals surface area contributed by atoms with Gasteiger partial charge >= 0.3 is 0 Å². The number of benzene rings is 2. The van der Waals surface area contributed by atoms with Gasteiger partial charge in [-0.25, -0.2) is 0 Å². The molecule has 23 heavy (non-hydrogen) atoms. The van der Waals surface area contributed by atoms with Crippen LogP contribution in [-0.2, 0) is 0 Å². The molecule has 2 rings (SSSR count). The second kappa shape index (κ2) is 7.93. The molecular formula is C17H18N2O4. The van der Waals surface area contributed by atoms with Crippen molar-refractivity contribution in [3.05, 3.63) is 64.2 Å². The number of nitrogens with one attached hydrogen (secondary N) is 1. The molecule has 0 aliphatic carbocycles. The average Bonchev–Trinajstić information content (AvgIpc) is 2.56. The van der Waals surface area contributed by atoms with Gasteiger partial charge in [-0.2, -0.15) is 0 Å². The smallest absolute Gasteiger partial charge is 0.282 e. The van der Waals surface area contributed by atoms with E-state index >= 15 is 0 Å². The van der Waals surface area contributed by atoms with Crippen molar-refractivity contribution in [2.24, 2.45) is 0 Å². The van der Waals surface area contributed by atoms with Gasteiger partial charge in [-0.05, 0) is 24.6 Å². The summed E-state index contributed by atoms with van der Waals surface area (Å²) in [6.07, 6.45) is 1.91. The van der Waals surface area contributed by atoms with E-state index in [-0.39, 0.29) is 11.3 Å². The van der Waals surface area contributed by atoms with Crippen LogP contribution in [-0.4, -0.2) is 17.4 Å². The van der Waals surface area contributed by atoms with E-state index in [1.807, 2.05) is 6.07 Å². The van der Waals surface area contributed by atoms with Gasteiger partial charge in [0.15, 0.2) is 0 Å². The average molecular weight is 314 g/mol. The maximum Gasteiger partial charge on any atom is 0.282 e. The molecule has 1 amide bonds. The van der Waals surface area contributed by atoms with Crippen molar-refractivity contribution in [2.45, 2.75) is 19.8 Å². The monoisotopic (exact) mass is 314 g/mol. The number of carbonyl (C=O) groups is 1. The van der Waals surface area contributed by atoms with Crippen molar-refractivity contribution < 1.29 is 14.5 Å². The van der Waals surface area contributed by atoms with Gasteiger partial charge in [0.05, 0.1) is 17.2 Å². The summed E-state index contributed by atoms with van der Waals surface area (Å²) in [5.41, 5.74) is 0.280. The topological polar surface area (TPSA) is 81.5 Å². The van der Waals surface area contributed by atoms with Gasteiger partial charge < -0.3 is 10.1 Å². The molecule has 0 saturated carbocycles. The Labute approximate surface area is 134 Å². The lowest BCUT2D eigenvalue weighted by Crippen LogP contribution is -2.14. The Morgan fingerprint density at radius 1 is 1.17 bits per heavy atom. The Bertz CT molecular complexity index is 700. The highest BCUT2D eigenvalue weighted by Gasteiger charge is 2.20. The predicted molar refractivity (Wildman–Crippen MR) is 87.9 cm³/mol. The van der Waals surface area contributed by atoms with E-state index in [2.05, 4.69) is 12.2 Å². The first-order chi connectivity index (χ1) is 11.1. The molecule has 2 aromatic rings. The number of unbranched alkanes of at least 4 members (excludes halogenated alkanes) is 1. The summed E-state index contributed by atoms with van der Waals surface area (Å²) in [4.78, 5) is 22.8. The van der Waals surface area contributed by atoms with Crippen LogP contribution in [0.2, 0.25) is 0 Å². The first-order valence-electron chi connectivity index (χ1n) is 7.40. The minimum atomic E-state index is -0.571. The molecular weight excluding hydrogens is 296 g/mol. The number of ether oxygens (including phenoxy) is 1. The van der Waals surface area contributed by atoms with Gasteiger partial charge in [-0.3, -0.25) is 14.9 Å². The number of anilines is 1. The molecule has 1 N–H and O–H groups in total. The van der Waals surface area contributed by atoms with E-state index in [1.54, 1.807) is 24.3 Å². The third-order valence-corrected chi connectivity index (χ3v) is 3.24. The number of nitro groups is 1. The molecule has 0 aliphatic heterocycles. The molecule has 0 aliphatic rings. The number of hydrogen-bond acceptors (Lipinski definition) is 4. The van der Waals surface area contributed by atoms with Gasteiger partial charge in [0.1, 0.15) is 11.3 Å². The van der Waals surface area contributed by atoms with E-state index < -0.39 is 10.8 Å². The first-order valence-corrected chi connectivity index (χ1v) is 7.40. The van der Waals surface area contributed by atoms with E-state index in [1.165, 1.54) is 18.2 Å². The lowest BCUT2D eigenvalue weighted by molar-refractivity contribution is -0.385. The third kappa shape index (κ3) is 4.29. The molecule has 120 valence electrons. The molecule has 0 heterocycles. The van der Waals surface area contributed by atoms with Crippen molar-refractivity contribution in [3.63, 3.8) is 0 Å². The van der Waals surface area contributed by atoms with Crippen molar-refractivity contribution in [1.29, 1.82) is 0 Å². The van der Waals surface area contributed by atoms with Gasteiger partial charge in [-0.1, -0.05) is 37.6 Å². The Morgan fingerprint density at radius 3 is 2.61 bits per heavy atom. The molecule has 0 spiro atoms. The number of nitrogens with zero attached hydrogens (tertiary/aromatic N) is 1. The van der Waals surface area contributed by atoms with E-state index in [9.17, 15) is 14.9 Å². The zero-order chi connectivity index (χ0) is 16.7. The quantitative estimate of drug-likeness (QED) is 0.475. The molecule has 2 aromatic carbocycles. The Hall–Kier alpha value is -2.89. The fraction of sp³-hybridized carbons (Fsp3) is 0.235. The molecule has 6 heteroatoms. The van der Waals surface area contributed by atoms with Crippen LogP contribution in [0.3, 0.4) is 0 Å². The fourth-order valence-corrected chi connectivity index (χ4v) is 2.04. The summed E-state index contributed by atoms with van der Waals surface area (Å²) in [7, 11) is 0. The Kier molecular flexibility index (Phi) is 5.68. The summed E-state index contributed by atoms with van der Waals surface area (Å²) < 4.78 is 5.64. The fourth-order valence-electron chi connectivity index (χ4n) is 2.04. The van der Waals surface area contributed by atoms with Crippen molar-refractivity contribution in [1.82, 2.24) is 0 Å². The molecule has 0 atom stereocenters. The summed E-state index contributed by atoms with van der Waals surface area (Å²) in [5.74, 6) is 0.0109. The standard InChI is InChI=1S/C17H18N2O4/c1-2-3-12-23-16-11-7-5-9-14(16)18-17(20)13-8-4-6-10-15(13)19(21)22/h4-11H,2-3,12H2,1H3,(H,18,20). The van der Waals surface area contributed by atoms with Crippen molar-refractivity contribution >= 4 is 17.3 Å². The minimum absolute atomic E-state index is 0.0147. The lowest BCUT2D eigenvalue weighted by Gasteiger charge is -2.12. The van der Waals surface area contributed by atoms with Crippen molar-refractivity contribution in [3.8, 4) is 5.75 Å². The van der Waals surface area contributed by atoms with E-state index in [4.69, 9.17) is 4.74 Å². The number of hydrogen-bond donors (Lipinski definition) is 1. The van der Waals surface area contributed by atoms with Crippen LogP contribution in [0.5, 0.6) is 5.75 Å². The van der Waals surface area contributed by atoms with Gasteiger partial charge in [0, 0.05) is 6.07 Å². The highest BCUT2D eigenvalue weighted by Crippen LogP contribution is 2.26. The van der Waals surface area contributed by atoms with Crippen LogP contribution in [0.4, 0.5) is 11.4 Å². The van der Waals surface area contributed by atoms with Crippen LogP contribution < -0.4 is 10.1 Å². The highest BCUT2D eigenvalue weighted by atomic mass is 16.6. The van der Waals surface area contributed by atoms with Crippen LogP contribution >= 0.6 is 0 Å². The molecule has 0 aromatic heterocycles. The maximum absolute atomic E-state index is 12.4. The SMILES string of the molecule is CCCCOc1ccccc1NC(=O)c1ccccc1[N+](=O)[O-]. The number of carbonyl (C=O) groups excluding carboxylic acids is 1. The number of rotatable bonds is 7. The van der Waals surface area contributed by atoms with Crippen LogP contribution in [0.25, 0.3) is 0 Å². The molecule has 0 bridgehead atoms. The van der Waals surface area contributed by atoms with E-state index in [0.29, 0.717) is 18.0 Å². The normalized spacial score (nSPS) is 10.1. The number of para-hydroxylation sites is 3. The summed E-state index contributed by atoms with van der Waals surface area (Å²) in [5, 5.41) is 13.7. The zero-order valence-electron chi connectivity index (χ0n) is 12.8. The zero-order valence-corrected chi connectivity index (χ0v) is 12.8. The maximum atomic E-state index is 12.4.